The number of rotatable bonds is 4. The van der Waals surface area contributed by atoms with Crippen molar-refractivity contribution in [1.29, 1.82) is 0 Å². The van der Waals surface area contributed by atoms with Crippen molar-refractivity contribution in [3.8, 4) is 0 Å². The molecule has 2 atom stereocenters. The zero-order valence-corrected chi connectivity index (χ0v) is 11.8. The van der Waals surface area contributed by atoms with E-state index in [-0.39, 0.29) is 5.54 Å². The Balaban J connectivity index is 2.02. The predicted molar refractivity (Wildman–Crippen MR) is 76.5 cm³/mol. The van der Waals surface area contributed by atoms with Crippen molar-refractivity contribution in [2.75, 3.05) is 0 Å². The average molecular weight is 246 g/mol. The Morgan fingerprint density at radius 3 is 2.83 bits per heavy atom. The van der Waals surface area contributed by atoms with Gasteiger partial charge in [-0.15, -0.1) is 0 Å². The summed E-state index contributed by atoms with van der Waals surface area (Å²) < 4.78 is 0. The van der Waals surface area contributed by atoms with Crippen LogP contribution in [0.3, 0.4) is 0 Å². The Bertz CT molecular complexity index is 371. The molecule has 0 aromatic carbocycles. The lowest BCUT2D eigenvalue weighted by atomic mass is 9.73. The van der Waals surface area contributed by atoms with E-state index in [0.29, 0.717) is 0 Å². The number of aryl methyl sites for hydroxylation is 1. The first-order valence-electron chi connectivity index (χ1n) is 7.38. The molecule has 2 heteroatoms. The third-order valence-electron chi connectivity index (χ3n) is 4.39. The van der Waals surface area contributed by atoms with Gasteiger partial charge in [-0.3, -0.25) is 4.98 Å². The monoisotopic (exact) mass is 246 g/mol. The summed E-state index contributed by atoms with van der Waals surface area (Å²) in [6.07, 6.45) is 10.2. The lowest BCUT2D eigenvalue weighted by Gasteiger charge is -2.37. The number of hydrogen-bond donors (Lipinski definition) is 1. The Kier molecular flexibility index (Phi) is 4.39. The van der Waals surface area contributed by atoms with Crippen molar-refractivity contribution in [2.45, 2.75) is 64.3 Å². The first kappa shape index (κ1) is 13.5. The third-order valence-corrected chi connectivity index (χ3v) is 4.39. The second-order valence-electron chi connectivity index (χ2n) is 5.92. The highest BCUT2D eigenvalue weighted by Gasteiger charge is 2.32. The normalized spacial score (nSPS) is 28.3. The van der Waals surface area contributed by atoms with Gasteiger partial charge in [0.15, 0.2) is 0 Å². The maximum Gasteiger partial charge on any atom is 0.0422 e. The first-order chi connectivity index (χ1) is 8.65. The highest BCUT2D eigenvalue weighted by atomic mass is 14.8. The molecule has 1 aromatic rings. The lowest BCUT2D eigenvalue weighted by molar-refractivity contribution is 0.217. The molecule has 100 valence electrons. The quantitative estimate of drug-likeness (QED) is 0.883. The molecule has 1 aliphatic rings. The maximum absolute atomic E-state index is 6.59. The number of pyridine rings is 1. The average Bonchev–Trinajstić information content (AvgIpc) is 2.39. The van der Waals surface area contributed by atoms with Gasteiger partial charge in [-0.1, -0.05) is 39.2 Å². The summed E-state index contributed by atoms with van der Waals surface area (Å²) in [6.45, 7) is 4.44. The van der Waals surface area contributed by atoms with Crippen molar-refractivity contribution in [3.05, 3.63) is 29.6 Å². The molecule has 2 unspecified atom stereocenters. The number of hydrogen-bond acceptors (Lipinski definition) is 2. The van der Waals surface area contributed by atoms with Gasteiger partial charge < -0.3 is 5.73 Å². The molecule has 2 nitrogen and oxygen atoms in total. The summed E-state index contributed by atoms with van der Waals surface area (Å²) in [4.78, 5) is 4.56. The fourth-order valence-corrected chi connectivity index (χ4v) is 3.16. The van der Waals surface area contributed by atoms with Gasteiger partial charge in [0.2, 0.25) is 0 Å². The van der Waals surface area contributed by atoms with Crippen LogP contribution < -0.4 is 5.73 Å². The van der Waals surface area contributed by atoms with E-state index in [9.17, 15) is 0 Å². The van der Waals surface area contributed by atoms with Crippen LogP contribution in [0, 0.1) is 5.92 Å². The Morgan fingerprint density at radius 2 is 2.22 bits per heavy atom. The minimum absolute atomic E-state index is 0.0142. The predicted octanol–water partition coefficient (Wildman–Crippen LogP) is 3.48. The zero-order valence-electron chi connectivity index (χ0n) is 11.8. The van der Waals surface area contributed by atoms with Crippen molar-refractivity contribution in [1.82, 2.24) is 4.98 Å². The summed E-state index contributed by atoms with van der Waals surface area (Å²) in [7, 11) is 0. The summed E-state index contributed by atoms with van der Waals surface area (Å²) >= 11 is 0. The van der Waals surface area contributed by atoms with Crippen molar-refractivity contribution in [3.63, 3.8) is 0 Å². The minimum Gasteiger partial charge on any atom is -0.325 e. The number of nitrogens with zero attached hydrogens (tertiary/aromatic N) is 1. The molecule has 1 fully saturated rings. The van der Waals surface area contributed by atoms with Gasteiger partial charge in [0.1, 0.15) is 0 Å². The molecule has 1 aliphatic carbocycles. The second-order valence-corrected chi connectivity index (χ2v) is 5.92. The minimum atomic E-state index is -0.0142. The van der Waals surface area contributed by atoms with Crippen LogP contribution in [-0.2, 0) is 12.8 Å². The van der Waals surface area contributed by atoms with Gasteiger partial charge in [-0.2, -0.15) is 0 Å². The van der Waals surface area contributed by atoms with E-state index in [1.54, 1.807) is 0 Å². The topological polar surface area (TPSA) is 38.9 Å². The first-order valence-corrected chi connectivity index (χ1v) is 7.38. The number of nitrogens with two attached hydrogens (primary N) is 1. The SMILES string of the molecule is CCc1ccc(CC2(N)CCCC(CC)C2)nc1. The second kappa shape index (κ2) is 5.83. The van der Waals surface area contributed by atoms with E-state index in [1.807, 2.05) is 6.20 Å². The molecule has 1 heterocycles. The van der Waals surface area contributed by atoms with Gasteiger partial charge in [0.05, 0.1) is 0 Å². The molecule has 1 saturated carbocycles. The van der Waals surface area contributed by atoms with Crippen LogP contribution in [0.25, 0.3) is 0 Å². The van der Waals surface area contributed by atoms with Crippen LogP contribution >= 0.6 is 0 Å². The third kappa shape index (κ3) is 3.32. The van der Waals surface area contributed by atoms with Crippen LogP contribution in [0.5, 0.6) is 0 Å². The zero-order chi connectivity index (χ0) is 13.0. The Morgan fingerprint density at radius 1 is 1.39 bits per heavy atom. The molecule has 18 heavy (non-hydrogen) atoms. The standard InChI is InChI=1S/C16H26N2/c1-3-13-6-5-9-16(17,10-13)11-15-8-7-14(4-2)12-18-15/h7-8,12-13H,3-6,9-11,17H2,1-2H3. The van der Waals surface area contributed by atoms with Gasteiger partial charge in [-0.25, -0.2) is 0 Å². The van der Waals surface area contributed by atoms with E-state index in [1.165, 1.54) is 31.2 Å². The number of aromatic nitrogens is 1. The molecule has 2 rings (SSSR count). The van der Waals surface area contributed by atoms with Gasteiger partial charge >= 0.3 is 0 Å². The molecule has 0 bridgehead atoms. The van der Waals surface area contributed by atoms with Crippen molar-refractivity contribution < 1.29 is 0 Å². The van der Waals surface area contributed by atoms with Crippen LogP contribution in [0.2, 0.25) is 0 Å². The molecule has 1 aromatic heterocycles. The molecular formula is C16H26N2. The van der Waals surface area contributed by atoms with Crippen molar-refractivity contribution in [2.24, 2.45) is 11.7 Å². The van der Waals surface area contributed by atoms with E-state index in [2.05, 4.69) is 31.0 Å². The van der Waals surface area contributed by atoms with E-state index in [4.69, 9.17) is 5.73 Å². The van der Waals surface area contributed by atoms with Crippen LogP contribution in [-0.4, -0.2) is 10.5 Å². The van der Waals surface area contributed by atoms with Crippen LogP contribution in [0.15, 0.2) is 18.3 Å². The molecular weight excluding hydrogens is 220 g/mol. The highest BCUT2D eigenvalue weighted by molar-refractivity contribution is 5.16. The van der Waals surface area contributed by atoms with Crippen LogP contribution in [0.1, 0.15) is 57.2 Å². The van der Waals surface area contributed by atoms with E-state index < -0.39 is 0 Å². The molecule has 0 radical (unpaired) electrons. The highest BCUT2D eigenvalue weighted by Crippen LogP contribution is 2.34. The molecule has 0 saturated heterocycles. The molecule has 0 aliphatic heterocycles. The molecule has 2 N–H and O–H groups in total. The van der Waals surface area contributed by atoms with E-state index in [0.717, 1.165) is 30.9 Å². The summed E-state index contributed by atoms with van der Waals surface area (Å²) in [6, 6.07) is 4.34. The fraction of sp³-hybridized carbons (Fsp3) is 0.688. The van der Waals surface area contributed by atoms with Crippen LogP contribution in [0.4, 0.5) is 0 Å². The Hall–Kier alpha value is -0.890. The summed E-state index contributed by atoms with van der Waals surface area (Å²) in [5.74, 6) is 0.818. The lowest BCUT2D eigenvalue weighted by Crippen LogP contribution is -2.46. The largest absolute Gasteiger partial charge is 0.325 e. The molecule has 0 spiro atoms. The van der Waals surface area contributed by atoms with E-state index >= 15 is 0 Å². The molecule has 0 amide bonds. The van der Waals surface area contributed by atoms with Gasteiger partial charge in [-0.05, 0) is 36.8 Å². The smallest absolute Gasteiger partial charge is 0.0422 e. The van der Waals surface area contributed by atoms with Gasteiger partial charge in [0, 0.05) is 23.9 Å². The fourth-order valence-electron chi connectivity index (χ4n) is 3.16. The Labute approximate surface area is 111 Å². The summed E-state index contributed by atoms with van der Waals surface area (Å²) in [5.41, 5.74) is 9.04. The van der Waals surface area contributed by atoms with Gasteiger partial charge in [0.25, 0.3) is 0 Å². The van der Waals surface area contributed by atoms with Crippen molar-refractivity contribution >= 4 is 0 Å². The maximum atomic E-state index is 6.59. The summed E-state index contributed by atoms with van der Waals surface area (Å²) in [5, 5.41) is 0.